The van der Waals surface area contributed by atoms with Crippen molar-refractivity contribution in [2.45, 2.75) is 45.6 Å². The molecule has 0 spiro atoms. The number of nitrogens with one attached hydrogen (secondary N) is 2. The van der Waals surface area contributed by atoms with Gasteiger partial charge in [0.1, 0.15) is 0 Å². The fourth-order valence-electron chi connectivity index (χ4n) is 3.96. The number of likely N-dealkylation sites (tertiary alicyclic amines) is 1. The number of rotatable bonds is 6. The molecule has 2 aromatic rings. The van der Waals surface area contributed by atoms with Crippen LogP contribution in [0, 0.1) is 5.41 Å². The second kappa shape index (κ2) is 9.74. The largest absolute Gasteiger partial charge is 0.465 e. The summed E-state index contributed by atoms with van der Waals surface area (Å²) in [6.07, 6.45) is 3.83. The van der Waals surface area contributed by atoms with Gasteiger partial charge in [-0.1, -0.05) is 20.8 Å². The molecule has 3 rings (SSSR count). The second-order valence-electron chi connectivity index (χ2n) is 9.38. The zero-order valence-corrected chi connectivity index (χ0v) is 21.1. The number of carboxylic acid groups (broad SMARTS) is 1. The minimum atomic E-state index is -3.49. The maximum atomic E-state index is 12.3. The van der Waals surface area contributed by atoms with Crippen LogP contribution in [0.3, 0.4) is 0 Å². The van der Waals surface area contributed by atoms with Crippen molar-refractivity contribution in [1.29, 1.82) is 0 Å². The Balaban J connectivity index is 1.56. The number of hydrogen-bond acceptors (Lipinski definition) is 7. The van der Waals surface area contributed by atoms with Gasteiger partial charge >= 0.3 is 6.09 Å². The predicted octanol–water partition coefficient (Wildman–Crippen LogP) is 2.39. The number of anilines is 1. The van der Waals surface area contributed by atoms with Gasteiger partial charge in [0.05, 0.1) is 24.1 Å². The van der Waals surface area contributed by atoms with Crippen LogP contribution in [0.15, 0.2) is 23.8 Å². The first kappa shape index (κ1) is 25.7. The summed E-state index contributed by atoms with van der Waals surface area (Å²) < 4.78 is 23.9. The standard InChI is InChI=1S/C21H29N5O6S2/c1-21(2,3)16-9-13(6-8-26(16)20(29)30)15-12-33-19(23-15)24-17(27)10-22-18(28)14-5-7-25(11-14)34(4,31)32/h5,7,11-13,16H,6,8-10H2,1-4H3,(H,22,28)(H,29,30)(H,23,24,27). The van der Waals surface area contributed by atoms with Crippen LogP contribution < -0.4 is 10.6 Å². The van der Waals surface area contributed by atoms with Gasteiger partial charge in [-0.05, 0) is 24.3 Å². The average Bonchev–Trinajstić information content (AvgIpc) is 3.40. The molecule has 2 aromatic heterocycles. The second-order valence-corrected chi connectivity index (χ2v) is 12.1. The van der Waals surface area contributed by atoms with Crippen molar-refractivity contribution in [2.24, 2.45) is 5.41 Å². The normalized spacial score (nSPS) is 19.0. The van der Waals surface area contributed by atoms with E-state index in [1.807, 2.05) is 26.2 Å². The van der Waals surface area contributed by atoms with Crippen molar-refractivity contribution in [3.63, 3.8) is 0 Å². The molecule has 1 fully saturated rings. The predicted molar refractivity (Wildman–Crippen MR) is 128 cm³/mol. The van der Waals surface area contributed by atoms with Crippen LogP contribution in [0.5, 0.6) is 0 Å². The highest BCUT2D eigenvalue weighted by Gasteiger charge is 2.39. The molecule has 186 valence electrons. The van der Waals surface area contributed by atoms with Crippen LogP contribution in [0.25, 0.3) is 0 Å². The van der Waals surface area contributed by atoms with Gasteiger partial charge < -0.3 is 20.6 Å². The summed E-state index contributed by atoms with van der Waals surface area (Å²) in [6, 6.07) is 1.21. The molecule has 2 unspecified atom stereocenters. The van der Waals surface area contributed by atoms with E-state index >= 15 is 0 Å². The lowest BCUT2D eigenvalue weighted by atomic mass is 9.76. The molecule has 1 aliphatic rings. The Labute approximate surface area is 202 Å². The Morgan fingerprint density at radius 3 is 2.59 bits per heavy atom. The highest BCUT2D eigenvalue weighted by Crippen LogP contribution is 2.39. The lowest BCUT2D eigenvalue weighted by molar-refractivity contribution is -0.115. The van der Waals surface area contributed by atoms with E-state index in [0.29, 0.717) is 24.5 Å². The first-order chi connectivity index (χ1) is 15.8. The van der Waals surface area contributed by atoms with Crippen LogP contribution >= 0.6 is 11.3 Å². The number of carbonyl (C=O) groups is 3. The molecule has 0 aliphatic carbocycles. The Kier molecular flexibility index (Phi) is 7.36. The number of aromatic nitrogens is 2. The van der Waals surface area contributed by atoms with Gasteiger partial charge in [-0.2, -0.15) is 0 Å². The molecule has 11 nitrogen and oxygen atoms in total. The first-order valence-electron chi connectivity index (χ1n) is 10.7. The number of nitrogens with zero attached hydrogens (tertiary/aromatic N) is 3. The highest BCUT2D eigenvalue weighted by atomic mass is 32.2. The van der Waals surface area contributed by atoms with Crippen molar-refractivity contribution in [1.82, 2.24) is 19.2 Å². The Morgan fingerprint density at radius 2 is 2.00 bits per heavy atom. The van der Waals surface area contributed by atoms with E-state index in [4.69, 9.17) is 0 Å². The van der Waals surface area contributed by atoms with Gasteiger partial charge in [-0.15, -0.1) is 11.3 Å². The molecule has 2 atom stereocenters. The molecule has 1 aliphatic heterocycles. The van der Waals surface area contributed by atoms with Crippen LogP contribution in [0.4, 0.5) is 9.93 Å². The number of piperidine rings is 1. The van der Waals surface area contributed by atoms with E-state index in [2.05, 4.69) is 15.6 Å². The molecule has 3 amide bonds. The van der Waals surface area contributed by atoms with E-state index < -0.39 is 27.9 Å². The molecule has 3 heterocycles. The van der Waals surface area contributed by atoms with Crippen molar-refractivity contribution in [3.05, 3.63) is 35.1 Å². The van der Waals surface area contributed by atoms with E-state index in [-0.39, 0.29) is 29.5 Å². The third kappa shape index (κ3) is 6.14. The van der Waals surface area contributed by atoms with E-state index in [0.717, 1.165) is 15.9 Å². The number of thiazole rings is 1. The van der Waals surface area contributed by atoms with Crippen LogP contribution in [0.1, 0.15) is 55.6 Å². The fraction of sp³-hybridized carbons (Fsp3) is 0.524. The van der Waals surface area contributed by atoms with Gasteiger partial charge in [0.2, 0.25) is 15.9 Å². The Bertz CT molecular complexity index is 1180. The Hall–Kier alpha value is -2.93. The molecule has 0 saturated carbocycles. The third-order valence-electron chi connectivity index (χ3n) is 5.76. The van der Waals surface area contributed by atoms with E-state index in [1.54, 1.807) is 0 Å². The van der Waals surface area contributed by atoms with Crippen LogP contribution in [-0.4, -0.2) is 70.7 Å². The molecule has 0 radical (unpaired) electrons. The van der Waals surface area contributed by atoms with Crippen LogP contribution in [0.2, 0.25) is 0 Å². The minimum absolute atomic E-state index is 0.0836. The summed E-state index contributed by atoms with van der Waals surface area (Å²) in [5.74, 6) is -0.957. The summed E-state index contributed by atoms with van der Waals surface area (Å²) in [4.78, 5) is 42.1. The fourth-order valence-corrected chi connectivity index (χ4v) is 5.35. The summed E-state index contributed by atoms with van der Waals surface area (Å²) >= 11 is 1.27. The van der Waals surface area contributed by atoms with E-state index in [9.17, 15) is 27.9 Å². The molecule has 1 saturated heterocycles. The molecular weight excluding hydrogens is 482 g/mol. The van der Waals surface area contributed by atoms with Gasteiger partial charge in [0.25, 0.3) is 5.91 Å². The smallest absolute Gasteiger partial charge is 0.407 e. The summed E-state index contributed by atoms with van der Waals surface area (Å²) in [7, 11) is -3.49. The Morgan fingerprint density at radius 1 is 1.29 bits per heavy atom. The van der Waals surface area contributed by atoms with Gasteiger partial charge in [-0.25, -0.2) is 18.2 Å². The van der Waals surface area contributed by atoms with Crippen LogP contribution in [-0.2, 0) is 14.8 Å². The van der Waals surface area contributed by atoms with Gasteiger partial charge in [0.15, 0.2) is 5.13 Å². The molecular formula is C21H29N5O6S2. The van der Waals surface area contributed by atoms with Gasteiger partial charge in [0, 0.05) is 36.3 Å². The summed E-state index contributed by atoms with van der Waals surface area (Å²) in [6.45, 7) is 6.18. The molecule has 13 heteroatoms. The lowest BCUT2D eigenvalue weighted by Gasteiger charge is -2.44. The summed E-state index contributed by atoms with van der Waals surface area (Å²) in [5, 5.41) is 16.9. The molecule has 0 bridgehead atoms. The van der Waals surface area contributed by atoms with E-state index in [1.165, 1.54) is 34.7 Å². The highest BCUT2D eigenvalue weighted by molar-refractivity contribution is 7.89. The van der Waals surface area contributed by atoms with Crippen molar-refractivity contribution < 1.29 is 27.9 Å². The number of carbonyl (C=O) groups excluding carboxylic acids is 2. The number of hydrogen-bond donors (Lipinski definition) is 3. The number of amides is 3. The van der Waals surface area contributed by atoms with Crippen molar-refractivity contribution >= 4 is 44.4 Å². The monoisotopic (exact) mass is 511 g/mol. The molecule has 0 aromatic carbocycles. The quantitative estimate of drug-likeness (QED) is 0.539. The topological polar surface area (TPSA) is 151 Å². The average molecular weight is 512 g/mol. The molecule has 34 heavy (non-hydrogen) atoms. The maximum Gasteiger partial charge on any atom is 0.407 e. The molecule has 3 N–H and O–H groups in total. The maximum absolute atomic E-state index is 12.3. The SMILES string of the molecule is CC(C)(C)C1CC(c2csc(NC(=O)CNC(=O)c3ccn(S(C)(=O)=O)c3)n2)CCN1C(=O)O. The lowest BCUT2D eigenvalue weighted by Crippen LogP contribution is -2.51. The summed E-state index contributed by atoms with van der Waals surface area (Å²) in [5.41, 5.74) is 0.714. The first-order valence-corrected chi connectivity index (χ1v) is 13.4. The zero-order chi connectivity index (χ0) is 25.3. The van der Waals surface area contributed by atoms with Crippen molar-refractivity contribution in [2.75, 3.05) is 24.7 Å². The minimum Gasteiger partial charge on any atom is -0.465 e. The van der Waals surface area contributed by atoms with Gasteiger partial charge in [-0.3, -0.25) is 13.6 Å². The van der Waals surface area contributed by atoms with Crippen molar-refractivity contribution in [3.8, 4) is 0 Å². The third-order valence-corrected chi connectivity index (χ3v) is 7.53. The zero-order valence-electron chi connectivity index (χ0n) is 19.4.